The van der Waals surface area contributed by atoms with E-state index in [1.165, 1.54) is 11.3 Å². The Morgan fingerprint density at radius 3 is 2.85 bits per heavy atom. The highest BCUT2D eigenvalue weighted by atomic mass is 32.1. The van der Waals surface area contributed by atoms with Gasteiger partial charge < -0.3 is 5.11 Å². The molecule has 1 aromatic rings. The maximum atomic E-state index is 9.91. The summed E-state index contributed by atoms with van der Waals surface area (Å²) in [5.74, 6) is 0. The Kier molecular flexibility index (Phi) is 2.06. The van der Waals surface area contributed by atoms with Gasteiger partial charge in [0.2, 0.25) is 0 Å². The van der Waals surface area contributed by atoms with E-state index >= 15 is 0 Å². The molecule has 1 aliphatic rings. The highest BCUT2D eigenvalue weighted by molar-refractivity contribution is 7.09. The summed E-state index contributed by atoms with van der Waals surface area (Å²) in [5, 5.41) is 21.4. The number of thiazole rings is 1. The van der Waals surface area contributed by atoms with Gasteiger partial charge in [-0.05, 0) is 12.8 Å². The molecular formula is C9H10N2OS. The average molecular weight is 194 g/mol. The van der Waals surface area contributed by atoms with Crippen LogP contribution >= 0.6 is 11.3 Å². The molecule has 13 heavy (non-hydrogen) atoms. The van der Waals surface area contributed by atoms with Crippen molar-refractivity contribution in [3.8, 4) is 6.07 Å². The molecule has 1 saturated carbocycles. The molecule has 4 heteroatoms. The molecule has 1 heterocycles. The van der Waals surface area contributed by atoms with Crippen LogP contribution in [0.4, 0.5) is 0 Å². The number of hydrogen-bond acceptors (Lipinski definition) is 4. The molecule has 0 spiro atoms. The monoisotopic (exact) mass is 194 g/mol. The second kappa shape index (κ2) is 3.09. The van der Waals surface area contributed by atoms with E-state index < -0.39 is 11.5 Å². The molecule has 68 valence electrons. The highest BCUT2D eigenvalue weighted by Crippen LogP contribution is 2.49. The van der Waals surface area contributed by atoms with Crippen molar-refractivity contribution in [1.29, 1.82) is 5.26 Å². The van der Waals surface area contributed by atoms with Crippen molar-refractivity contribution in [3.05, 3.63) is 16.6 Å². The molecule has 0 radical (unpaired) electrons. The molecular weight excluding hydrogens is 184 g/mol. The maximum absolute atomic E-state index is 9.91. The Hall–Kier alpha value is -0.920. The predicted octanol–water partition coefficient (Wildman–Crippen LogP) is 1.87. The molecule has 1 N–H and O–H groups in total. The Balaban J connectivity index is 2.22. The fourth-order valence-electron chi connectivity index (χ4n) is 1.61. The van der Waals surface area contributed by atoms with Gasteiger partial charge in [-0.15, -0.1) is 11.3 Å². The van der Waals surface area contributed by atoms with Gasteiger partial charge in [-0.25, -0.2) is 4.98 Å². The summed E-state index contributed by atoms with van der Waals surface area (Å²) in [5.41, 5.74) is -0.544. The Labute approximate surface area is 80.7 Å². The fourth-order valence-corrected chi connectivity index (χ4v) is 2.35. The first-order chi connectivity index (χ1) is 6.28. The molecule has 0 amide bonds. The summed E-state index contributed by atoms with van der Waals surface area (Å²) < 4.78 is 0. The van der Waals surface area contributed by atoms with Crippen molar-refractivity contribution in [3.63, 3.8) is 0 Å². The van der Waals surface area contributed by atoms with Crippen LogP contribution in [-0.4, -0.2) is 10.1 Å². The quantitative estimate of drug-likeness (QED) is 0.781. The summed E-state index contributed by atoms with van der Waals surface area (Å²) in [6, 6.07) is 2.22. The van der Waals surface area contributed by atoms with Crippen LogP contribution in [0, 0.1) is 16.7 Å². The number of aliphatic hydroxyl groups excluding tert-OH is 1. The lowest BCUT2D eigenvalue weighted by Gasteiger charge is -2.38. The van der Waals surface area contributed by atoms with Crippen LogP contribution in [0.15, 0.2) is 11.6 Å². The van der Waals surface area contributed by atoms with Gasteiger partial charge in [0.25, 0.3) is 0 Å². The van der Waals surface area contributed by atoms with Gasteiger partial charge in [-0.3, -0.25) is 0 Å². The third-order valence-electron chi connectivity index (χ3n) is 2.68. The van der Waals surface area contributed by atoms with Crippen LogP contribution in [0.2, 0.25) is 0 Å². The Morgan fingerprint density at radius 2 is 2.46 bits per heavy atom. The van der Waals surface area contributed by atoms with Crippen LogP contribution in [0.25, 0.3) is 0 Å². The van der Waals surface area contributed by atoms with Crippen molar-refractivity contribution in [2.24, 2.45) is 5.41 Å². The zero-order chi connectivity index (χ0) is 9.31. The van der Waals surface area contributed by atoms with Crippen molar-refractivity contribution < 1.29 is 5.11 Å². The summed E-state index contributed by atoms with van der Waals surface area (Å²) in [7, 11) is 0. The zero-order valence-corrected chi connectivity index (χ0v) is 7.92. The van der Waals surface area contributed by atoms with Gasteiger partial charge in [0.1, 0.15) is 11.1 Å². The van der Waals surface area contributed by atoms with Gasteiger partial charge >= 0.3 is 0 Å². The van der Waals surface area contributed by atoms with Crippen LogP contribution in [-0.2, 0) is 0 Å². The number of nitriles is 1. The molecule has 0 aromatic carbocycles. The van der Waals surface area contributed by atoms with Crippen LogP contribution in [0.5, 0.6) is 0 Å². The van der Waals surface area contributed by atoms with Crippen LogP contribution < -0.4 is 0 Å². The topological polar surface area (TPSA) is 56.9 Å². The Bertz CT molecular complexity index is 324. The average Bonchev–Trinajstić information content (AvgIpc) is 2.54. The van der Waals surface area contributed by atoms with E-state index in [0.717, 1.165) is 19.3 Å². The third kappa shape index (κ3) is 1.25. The first-order valence-corrected chi connectivity index (χ1v) is 5.15. The molecule has 1 aromatic heterocycles. The summed E-state index contributed by atoms with van der Waals surface area (Å²) in [6.45, 7) is 0. The first-order valence-electron chi connectivity index (χ1n) is 4.27. The van der Waals surface area contributed by atoms with Crippen LogP contribution in [0.1, 0.15) is 30.4 Å². The normalized spacial score (nSPS) is 21.5. The van der Waals surface area contributed by atoms with E-state index in [0.29, 0.717) is 5.01 Å². The largest absolute Gasteiger partial charge is 0.384 e. The summed E-state index contributed by atoms with van der Waals surface area (Å²) in [4.78, 5) is 4.03. The molecule has 3 nitrogen and oxygen atoms in total. The second-order valence-electron chi connectivity index (χ2n) is 3.39. The SMILES string of the molecule is N#CC1(C(O)c2nccs2)CCC1. The van der Waals surface area contributed by atoms with Gasteiger partial charge in [-0.1, -0.05) is 6.42 Å². The smallest absolute Gasteiger partial charge is 0.124 e. The molecule has 1 fully saturated rings. The second-order valence-corrected chi connectivity index (χ2v) is 4.32. The lowest BCUT2D eigenvalue weighted by atomic mass is 9.66. The summed E-state index contributed by atoms with van der Waals surface area (Å²) in [6.07, 6.45) is 3.60. The number of rotatable bonds is 2. The molecule has 1 atom stereocenters. The molecule has 0 aliphatic heterocycles. The first kappa shape index (κ1) is 8.67. The van der Waals surface area contributed by atoms with Gasteiger partial charge in [0, 0.05) is 11.6 Å². The Morgan fingerprint density at radius 1 is 1.69 bits per heavy atom. The predicted molar refractivity (Wildman–Crippen MR) is 49.0 cm³/mol. The van der Waals surface area contributed by atoms with E-state index in [1.54, 1.807) is 6.20 Å². The van der Waals surface area contributed by atoms with Gasteiger partial charge in [-0.2, -0.15) is 5.26 Å². The number of nitrogens with zero attached hydrogens (tertiary/aromatic N) is 2. The number of aromatic nitrogens is 1. The van der Waals surface area contributed by atoms with E-state index in [9.17, 15) is 5.11 Å². The lowest BCUT2D eigenvalue weighted by Crippen LogP contribution is -2.34. The minimum absolute atomic E-state index is 0.544. The fraction of sp³-hybridized carbons (Fsp3) is 0.556. The van der Waals surface area contributed by atoms with Crippen molar-refractivity contribution >= 4 is 11.3 Å². The van der Waals surface area contributed by atoms with E-state index in [-0.39, 0.29) is 0 Å². The van der Waals surface area contributed by atoms with Crippen LogP contribution in [0.3, 0.4) is 0 Å². The number of aliphatic hydroxyl groups is 1. The zero-order valence-electron chi connectivity index (χ0n) is 7.10. The molecule has 0 saturated heterocycles. The highest BCUT2D eigenvalue weighted by Gasteiger charge is 2.45. The van der Waals surface area contributed by atoms with E-state index in [4.69, 9.17) is 5.26 Å². The van der Waals surface area contributed by atoms with Crippen molar-refractivity contribution in [2.45, 2.75) is 25.4 Å². The van der Waals surface area contributed by atoms with E-state index in [1.807, 2.05) is 5.38 Å². The molecule has 0 bridgehead atoms. The van der Waals surface area contributed by atoms with Gasteiger partial charge in [0.15, 0.2) is 0 Å². The summed E-state index contributed by atoms with van der Waals surface area (Å²) >= 11 is 1.41. The minimum Gasteiger partial charge on any atom is -0.384 e. The van der Waals surface area contributed by atoms with Crippen molar-refractivity contribution in [1.82, 2.24) is 4.98 Å². The number of hydrogen-bond donors (Lipinski definition) is 1. The molecule has 2 rings (SSSR count). The van der Waals surface area contributed by atoms with Gasteiger partial charge in [0.05, 0.1) is 11.5 Å². The van der Waals surface area contributed by atoms with E-state index in [2.05, 4.69) is 11.1 Å². The molecule has 1 aliphatic carbocycles. The molecule has 1 unspecified atom stereocenters. The minimum atomic E-state index is -0.689. The lowest BCUT2D eigenvalue weighted by molar-refractivity contribution is 0.00781. The van der Waals surface area contributed by atoms with Crippen molar-refractivity contribution in [2.75, 3.05) is 0 Å². The standard InChI is InChI=1S/C9H10N2OS/c10-6-9(2-1-3-9)7(12)8-11-4-5-13-8/h4-5,7,12H,1-3H2. The maximum Gasteiger partial charge on any atom is 0.124 e. The third-order valence-corrected chi connectivity index (χ3v) is 3.51.